The van der Waals surface area contributed by atoms with Crippen molar-refractivity contribution in [1.29, 1.82) is 0 Å². The first kappa shape index (κ1) is 32.0. The smallest absolute Gasteiger partial charge is 0.397 e. The molecule has 3 aliphatic heterocycles. The van der Waals surface area contributed by atoms with Crippen molar-refractivity contribution in [3.05, 3.63) is 11.8 Å². The van der Waals surface area contributed by atoms with Gasteiger partial charge in [0.15, 0.2) is 6.29 Å². The maximum absolute atomic E-state index is 11.2. The zero-order valence-corrected chi connectivity index (χ0v) is 21.7. The van der Waals surface area contributed by atoms with Gasteiger partial charge in [-0.2, -0.15) is 8.42 Å². The quantitative estimate of drug-likeness (QED) is 0.113. The Labute approximate surface area is 223 Å². The second-order valence-corrected chi connectivity index (χ2v) is 10.6. The molecule has 39 heavy (non-hydrogen) atoms. The van der Waals surface area contributed by atoms with Crippen LogP contribution in [0.15, 0.2) is 11.8 Å². The molecule has 18 heteroatoms. The SMILES string of the molecule is CC1OC(CO)[C@H](O)C(CO[C@@H]2OC(C)[C@H](O)C(OS(=O)(=O)O)C2O)C1CO[C@@H]1OC(C(=O)O)=CC(O)C1O. The summed E-state index contributed by atoms with van der Waals surface area (Å²) < 4.78 is 63.0. The van der Waals surface area contributed by atoms with Crippen LogP contribution in [0.3, 0.4) is 0 Å². The molecule has 3 aliphatic rings. The molecule has 0 saturated carbocycles. The second kappa shape index (κ2) is 13.0. The molecule has 226 valence electrons. The lowest BCUT2D eigenvalue weighted by Crippen LogP contribution is -2.60. The van der Waals surface area contributed by atoms with Crippen LogP contribution in [0.1, 0.15) is 13.8 Å². The Morgan fingerprint density at radius 1 is 0.897 bits per heavy atom. The Morgan fingerprint density at radius 2 is 1.51 bits per heavy atom. The molecule has 0 aromatic carbocycles. The summed E-state index contributed by atoms with van der Waals surface area (Å²) in [4.78, 5) is 11.2. The lowest BCUT2D eigenvalue weighted by molar-refractivity contribution is -0.300. The van der Waals surface area contributed by atoms with Gasteiger partial charge in [0.25, 0.3) is 0 Å². The first-order valence-corrected chi connectivity index (χ1v) is 13.3. The third-order valence-electron chi connectivity index (χ3n) is 6.87. The number of aliphatic carboxylic acids is 1. The van der Waals surface area contributed by atoms with E-state index in [4.69, 9.17) is 33.3 Å². The molecular formula is C21H34O17S. The highest BCUT2D eigenvalue weighted by Gasteiger charge is 2.49. The van der Waals surface area contributed by atoms with Crippen LogP contribution in [0, 0.1) is 11.8 Å². The van der Waals surface area contributed by atoms with Crippen molar-refractivity contribution in [3.8, 4) is 0 Å². The van der Waals surface area contributed by atoms with Gasteiger partial charge in [0.1, 0.15) is 36.6 Å². The molecule has 0 spiro atoms. The number of carboxylic acid groups (broad SMARTS) is 1. The molecule has 9 unspecified atom stereocenters. The molecule has 2 saturated heterocycles. The Morgan fingerprint density at radius 3 is 2.10 bits per heavy atom. The summed E-state index contributed by atoms with van der Waals surface area (Å²) >= 11 is 0. The van der Waals surface area contributed by atoms with Crippen LogP contribution >= 0.6 is 0 Å². The second-order valence-electron chi connectivity index (χ2n) is 9.53. The maximum Gasteiger partial charge on any atom is 0.397 e. The van der Waals surface area contributed by atoms with Crippen molar-refractivity contribution in [2.24, 2.45) is 11.8 Å². The molecule has 0 aliphatic carbocycles. The van der Waals surface area contributed by atoms with Crippen molar-refractivity contribution in [1.82, 2.24) is 0 Å². The average molecular weight is 591 g/mol. The van der Waals surface area contributed by atoms with Crippen LogP contribution in [0.25, 0.3) is 0 Å². The number of hydrogen-bond donors (Lipinski definition) is 8. The fraction of sp³-hybridized carbons (Fsp3) is 0.857. The highest BCUT2D eigenvalue weighted by Crippen LogP contribution is 2.34. The molecule has 0 amide bonds. The molecule has 0 aromatic heterocycles. The lowest BCUT2D eigenvalue weighted by Gasteiger charge is -2.45. The largest absolute Gasteiger partial charge is 0.475 e. The van der Waals surface area contributed by atoms with Crippen molar-refractivity contribution in [2.75, 3.05) is 19.8 Å². The fourth-order valence-electron chi connectivity index (χ4n) is 4.67. The van der Waals surface area contributed by atoms with Crippen LogP contribution < -0.4 is 0 Å². The van der Waals surface area contributed by atoms with E-state index in [1.165, 1.54) is 6.92 Å². The number of aliphatic hydroxyl groups excluding tert-OH is 6. The van der Waals surface area contributed by atoms with Crippen LogP contribution in [-0.2, 0) is 43.1 Å². The number of aliphatic hydroxyl groups is 6. The van der Waals surface area contributed by atoms with E-state index in [1.54, 1.807) is 6.92 Å². The number of ether oxygens (including phenoxy) is 5. The number of carbonyl (C=O) groups is 1. The highest BCUT2D eigenvalue weighted by atomic mass is 32.3. The zero-order valence-electron chi connectivity index (χ0n) is 20.9. The first-order chi connectivity index (χ1) is 18.1. The van der Waals surface area contributed by atoms with Crippen LogP contribution in [0.4, 0.5) is 0 Å². The van der Waals surface area contributed by atoms with E-state index >= 15 is 0 Å². The summed E-state index contributed by atoms with van der Waals surface area (Å²) in [5, 5.41) is 70.4. The van der Waals surface area contributed by atoms with Gasteiger partial charge < -0.3 is 59.4 Å². The lowest BCUT2D eigenvalue weighted by atomic mass is 9.80. The molecule has 17 nitrogen and oxygen atoms in total. The Hall–Kier alpha value is -1.52. The van der Waals surface area contributed by atoms with Crippen molar-refractivity contribution in [3.63, 3.8) is 0 Å². The average Bonchev–Trinajstić information content (AvgIpc) is 2.85. The minimum atomic E-state index is -5.07. The third-order valence-corrected chi connectivity index (χ3v) is 7.33. The molecule has 0 aromatic rings. The van der Waals surface area contributed by atoms with Gasteiger partial charge in [-0.25, -0.2) is 8.98 Å². The minimum absolute atomic E-state index is 0.330. The highest BCUT2D eigenvalue weighted by molar-refractivity contribution is 7.80. The summed E-state index contributed by atoms with van der Waals surface area (Å²) in [6, 6.07) is 0. The van der Waals surface area contributed by atoms with Crippen molar-refractivity contribution in [2.45, 2.75) is 81.4 Å². The van der Waals surface area contributed by atoms with Crippen molar-refractivity contribution < 1.29 is 81.4 Å². The van der Waals surface area contributed by atoms with Crippen LogP contribution in [0.5, 0.6) is 0 Å². The van der Waals surface area contributed by atoms with Gasteiger partial charge in [0.05, 0.1) is 38.1 Å². The maximum atomic E-state index is 11.2. The van der Waals surface area contributed by atoms with Gasteiger partial charge in [-0.1, -0.05) is 0 Å². The number of rotatable bonds is 10. The Balaban J connectivity index is 1.73. The molecule has 0 bridgehead atoms. The minimum Gasteiger partial charge on any atom is -0.475 e. The van der Waals surface area contributed by atoms with Gasteiger partial charge in [0.2, 0.25) is 12.0 Å². The van der Waals surface area contributed by atoms with E-state index in [-0.39, 0.29) is 6.61 Å². The number of carboxylic acids is 1. The molecule has 8 N–H and O–H groups in total. The molecule has 3 heterocycles. The molecule has 2 fully saturated rings. The van der Waals surface area contributed by atoms with E-state index < -0.39 is 115 Å². The first-order valence-electron chi connectivity index (χ1n) is 12.0. The van der Waals surface area contributed by atoms with Gasteiger partial charge in [-0.15, -0.1) is 0 Å². The van der Waals surface area contributed by atoms with Gasteiger partial charge >= 0.3 is 16.4 Å². The molecule has 3 rings (SSSR count). The standard InChI is InChI=1S/C21H34O17S/c1-7-9(5-33-20-16(26)11(23)3-12(37-20)19(28)29)10(15(25)13(4-22)35-7)6-34-21-17(27)18(38-39(30,31)32)14(24)8(2)36-21/h3,7-11,13-18,20-27H,4-6H2,1-2H3,(H,28,29)(H,30,31,32)/t7?,8?,9?,10?,11?,13?,14-,15+,16?,17?,18?,20+,21+/m0/s1. The van der Waals surface area contributed by atoms with E-state index in [9.17, 15) is 43.9 Å². The van der Waals surface area contributed by atoms with Gasteiger partial charge in [-0.05, 0) is 19.9 Å². The summed E-state index contributed by atoms with van der Waals surface area (Å²) in [6.45, 7) is 1.62. The van der Waals surface area contributed by atoms with E-state index in [0.29, 0.717) is 0 Å². The van der Waals surface area contributed by atoms with Crippen LogP contribution in [-0.4, -0.2) is 142 Å². The third kappa shape index (κ3) is 7.61. The molecular weight excluding hydrogens is 556 g/mol. The zero-order chi connectivity index (χ0) is 29.2. The fourth-order valence-corrected chi connectivity index (χ4v) is 5.18. The number of hydrogen-bond acceptors (Lipinski definition) is 15. The van der Waals surface area contributed by atoms with Gasteiger partial charge in [0, 0.05) is 11.8 Å². The molecule has 13 atom stereocenters. The summed E-state index contributed by atoms with van der Waals surface area (Å²) in [5.41, 5.74) is 0. The van der Waals surface area contributed by atoms with E-state index in [1.807, 2.05) is 0 Å². The summed E-state index contributed by atoms with van der Waals surface area (Å²) in [7, 11) is -5.07. The topological polar surface area (TPSA) is 268 Å². The predicted octanol–water partition coefficient (Wildman–Crippen LogP) is -3.91. The molecule has 0 radical (unpaired) electrons. The summed E-state index contributed by atoms with van der Waals surface area (Å²) in [6.07, 6.45) is -15.3. The predicted molar refractivity (Wildman–Crippen MR) is 122 cm³/mol. The van der Waals surface area contributed by atoms with E-state index in [0.717, 1.165) is 6.08 Å². The van der Waals surface area contributed by atoms with Crippen molar-refractivity contribution >= 4 is 16.4 Å². The van der Waals surface area contributed by atoms with Gasteiger partial charge in [-0.3, -0.25) is 4.55 Å². The Kier molecular flexibility index (Phi) is 10.7. The summed E-state index contributed by atoms with van der Waals surface area (Å²) in [5.74, 6) is -3.82. The monoisotopic (exact) mass is 590 g/mol. The van der Waals surface area contributed by atoms with E-state index in [2.05, 4.69) is 4.18 Å². The Bertz CT molecular complexity index is 973. The normalized spacial score (nSPS) is 43.4. The van der Waals surface area contributed by atoms with Crippen LogP contribution in [0.2, 0.25) is 0 Å².